The molecule has 0 saturated carbocycles. The zero-order chi connectivity index (χ0) is 12.3. The van der Waals surface area contributed by atoms with Crippen LogP contribution in [0.25, 0.3) is 0 Å². The largest absolute Gasteiger partial charge is 0.379 e. The third-order valence-corrected chi connectivity index (χ3v) is 4.13. The molecule has 17 heavy (non-hydrogen) atoms. The average Bonchev–Trinajstić information content (AvgIpc) is 2.74. The minimum absolute atomic E-state index is 0.246. The van der Waals surface area contributed by atoms with Crippen molar-refractivity contribution in [1.82, 2.24) is 5.32 Å². The zero-order valence-electron chi connectivity index (χ0n) is 9.90. The van der Waals surface area contributed by atoms with Crippen LogP contribution in [0.4, 0.5) is 0 Å². The number of hydrogen-bond donors (Lipinski definition) is 2. The van der Waals surface area contributed by atoms with Gasteiger partial charge in [0.1, 0.15) is 0 Å². The third-order valence-electron chi connectivity index (χ3n) is 2.96. The Kier molecular flexibility index (Phi) is 3.74. The second kappa shape index (κ2) is 5.10. The first-order valence-corrected chi connectivity index (χ1v) is 6.90. The third kappa shape index (κ3) is 3.01. The molecule has 1 aliphatic heterocycles. The van der Waals surface area contributed by atoms with E-state index in [4.69, 9.17) is 0 Å². The molecule has 1 unspecified atom stereocenters. The summed E-state index contributed by atoms with van der Waals surface area (Å²) >= 11 is 1.62. The number of amides is 1. The van der Waals surface area contributed by atoms with Crippen molar-refractivity contribution >= 4 is 17.7 Å². The summed E-state index contributed by atoms with van der Waals surface area (Å²) in [6.45, 7) is 2.50. The lowest BCUT2D eigenvalue weighted by Crippen LogP contribution is -2.46. The first-order chi connectivity index (χ1) is 8.10. The number of hydrogen-bond acceptors (Lipinski definition) is 3. The summed E-state index contributed by atoms with van der Waals surface area (Å²) in [5.41, 5.74) is 1.08. The summed E-state index contributed by atoms with van der Waals surface area (Å²) < 4.78 is 0. The van der Waals surface area contributed by atoms with E-state index in [2.05, 4.69) is 5.32 Å². The van der Waals surface area contributed by atoms with Crippen LogP contribution < -0.4 is 5.32 Å². The number of carbonyl (C=O) groups is 1. The lowest BCUT2D eigenvalue weighted by atomic mass is 10.0. The van der Waals surface area contributed by atoms with Crippen LogP contribution in [0.2, 0.25) is 0 Å². The van der Waals surface area contributed by atoms with Gasteiger partial charge in [-0.15, -0.1) is 0 Å². The molecular weight excluding hydrogens is 234 g/mol. The number of carbonyl (C=O) groups excluding carboxylic acids is 1. The Bertz CT molecular complexity index is 414. The molecule has 4 heteroatoms. The molecule has 0 aliphatic carbocycles. The van der Waals surface area contributed by atoms with E-state index in [0.29, 0.717) is 18.7 Å². The molecule has 1 aromatic rings. The second-order valence-electron chi connectivity index (χ2n) is 4.51. The van der Waals surface area contributed by atoms with Crippen molar-refractivity contribution in [1.29, 1.82) is 0 Å². The van der Waals surface area contributed by atoms with E-state index >= 15 is 0 Å². The first-order valence-electron chi connectivity index (χ1n) is 5.74. The van der Waals surface area contributed by atoms with Gasteiger partial charge >= 0.3 is 0 Å². The van der Waals surface area contributed by atoms with E-state index in [1.165, 1.54) is 5.56 Å². The van der Waals surface area contributed by atoms with Crippen molar-refractivity contribution < 1.29 is 9.90 Å². The lowest BCUT2D eigenvalue weighted by molar-refractivity contribution is -0.137. The minimum atomic E-state index is -1.16. The van der Waals surface area contributed by atoms with Crippen LogP contribution in [0.1, 0.15) is 17.5 Å². The molecule has 1 fully saturated rings. The van der Waals surface area contributed by atoms with Gasteiger partial charge in [-0.25, -0.2) is 0 Å². The van der Waals surface area contributed by atoms with E-state index in [-0.39, 0.29) is 5.91 Å². The Labute approximate surface area is 106 Å². The molecule has 1 aliphatic rings. The molecule has 1 heterocycles. The van der Waals surface area contributed by atoms with Gasteiger partial charge in [0.15, 0.2) is 5.60 Å². The number of aryl methyl sites for hydroxylation is 1. The van der Waals surface area contributed by atoms with Gasteiger partial charge in [0, 0.05) is 12.3 Å². The molecule has 0 aromatic heterocycles. The zero-order valence-corrected chi connectivity index (χ0v) is 10.7. The molecule has 1 amide bonds. The van der Waals surface area contributed by atoms with Crippen LogP contribution >= 0.6 is 11.8 Å². The maximum Gasteiger partial charge on any atom is 0.253 e. The molecule has 0 bridgehead atoms. The van der Waals surface area contributed by atoms with Crippen molar-refractivity contribution in [3.63, 3.8) is 0 Å². The summed E-state index contributed by atoms with van der Waals surface area (Å²) in [7, 11) is 0. The summed E-state index contributed by atoms with van der Waals surface area (Å²) in [6.07, 6.45) is 0.553. The monoisotopic (exact) mass is 251 g/mol. The second-order valence-corrected chi connectivity index (χ2v) is 5.61. The van der Waals surface area contributed by atoms with Crippen molar-refractivity contribution in [2.24, 2.45) is 0 Å². The molecule has 1 atom stereocenters. The van der Waals surface area contributed by atoms with Crippen molar-refractivity contribution in [2.45, 2.75) is 25.5 Å². The molecule has 92 valence electrons. The Morgan fingerprint density at radius 1 is 1.59 bits per heavy atom. The van der Waals surface area contributed by atoms with Gasteiger partial charge < -0.3 is 10.4 Å². The van der Waals surface area contributed by atoms with Crippen molar-refractivity contribution in [3.8, 4) is 0 Å². The van der Waals surface area contributed by atoms with Crippen LogP contribution in [0.15, 0.2) is 24.3 Å². The molecule has 2 rings (SSSR count). The van der Waals surface area contributed by atoms with Gasteiger partial charge in [0.25, 0.3) is 5.91 Å². The standard InChI is InChI=1S/C13H17NO2S/c1-10-3-2-4-11(7-10)8-14-12(15)13(16)5-6-17-9-13/h2-4,7,16H,5-6,8-9H2,1H3,(H,14,15). The number of aliphatic hydroxyl groups is 1. The van der Waals surface area contributed by atoms with E-state index in [0.717, 1.165) is 11.3 Å². The number of nitrogens with one attached hydrogen (secondary N) is 1. The minimum Gasteiger partial charge on any atom is -0.379 e. The number of benzene rings is 1. The highest BCUT2D eigenvalue weighted by Crippen LogP contribution is 2.27. The highest BCUT2D eigenvalue weighted by atomic mass is 32.2. The van der Waals surface area contributed by atoms with E-state index in [1.807, 2.05) is 31.2 Å². The molecule has 1 saturated heterocycles. The smallest absolute Gasteiger partial charge is 0.253 e. The Morgan fingerprint density at radius 3 is 3.06 bits per heavy atom. The molecule has 3 nitrogen and oxygen atoms in total. The van der Waals surface area contributed by atoms with Crippen LogP contribution in [0.5, 0.6) is 0 Å². The van der Waals surface area contributed by atoms with Gasteiger partial charge in [0.05, 0.1) is 0 Å². The Hall–Kier alpha value is -1.00. The highest BCUT2D eigenvalue weighted by molar-refractivity contribution is 7.99. The van der Waals surface area contributed by atoms with Gasteiger partial charge in [-0.05, 0) is 24.7 Å². The predicted octanol–water partition coefficient (Wildman–Crippen LogP) is 1.48. The van der Waals surface area contributed by atoms with Crippen LogP contribution in [-0.4, -0.2) is 28.1 Å². The van der Waals surface area contributed by atoms with Gasteiger partial charge in [-0.3, -0.25) is 4.79 Å². The topological polar surface area (TPSA) is 49.3 Å². The van der Waals surface area contributed by atoms with Gasteiger partial charge in [-0.1, -0.05) is 29.8 Å². The van der Waals surface area contributed by atoms with Crippen LogP contribution in [-0.2, 0) is 11.3 Å². The quantitative estimate of drug-likeness (QED) is 0.855. The molecule has 1 aromatic carbocycles. The van der Waals surface area contributed by atoms with E-state index < -0.39 is 5.60 Å². The first kappa shape index (κ1) is 12.5. The lowest BCUT2D eigenvalue weighted by Gasteiger charge is -2.20. The Morgan fingerprint density at radius 2 is 2.41 bits per heavy atom. The molecule has 0 spiro atoms. The summed E-state index contributed by atoms with van der Waals surface area (Å²) in [4.78, 5) is 11.9. The summed E-state index contributed by atoms with van der Waals surface area (Å²) in [5, 5.41) is 12.9. The normalized spacial score (nSPS) is 23.6. The van der Waals surface area contributed by atoms with Crippen LogP contribution in [0.3, 0.4) is 0 Å². The highest BCUT2D eigenvalue weighted by Gasteiger charge is 2.39. The average molecular weight is 251 g/mol. The fraction of sp³-hybridized carbons (Fsp3) is 0.462. The van der Waals surface area contributed by atoms with Crippen molar-refractivity contribution in [2.75, 3.05) is 11.5 Å². The molecule has 0 radical (unpaired) electrons. The van der Waals surface area contributed by atoms with Gasteiger partial charge in [0.2, 0.25) is 0 Å². The van der Waals surface area contributed by atoms with Crippen LogP contribution in [0, 0.1) is 6.92 Å². The summed E-state index contributed by atoms with van der Waals surface area (Å²) in [5.74, 6) is 1.12. The summed E-state index contributed by atoms with van der Waals surface area (Å²) in [6, 6.07) is 8.00. The van der Waals surface area contributed by atoms with E-state index in [9.17, 15) is 9.90 Å². The SMILES string of the molecule is Cc1cccc(CNC(=O)C2(O)CCSC2)c1. The maximum atomic E-state index is 11.9. The number of rotatable bonds is 3. The number of thioether (sulfide) groups is 1. The Balaban J connectivity index is 1.92. The predicted molar refractivity (Wildman–Crippen MR) is 69.9 cm³/mol. The van der Waals surface area contributed by atoms with Gasteiger partial charge in [-0.2, -0.15) is 11.8 Å². The fourth-order valence-corrected chi connectivity index (χ4v) is 3.14. The van der Waals surface area contributed by atoms with E-state index in [1.54, 1.807) is 11.8 Å². The maximum absolute atomic E-state index is 11.9. The van der Waals surface area contributed by atoms with Crippen molar-refractivity contribution in [3.05, 3.63) is 35.4 Å². The fourth-order valence-electron chi connectivity index (χ4n) is 1.90. The molecular formula is C13H17NO2S. The molecule has 2 N–H and O–H groups in total.